The lowest BCUT2D eigenvalue weighted by Crippen LogP contribution is -2.33. The normalized spacial score (nSPS) is 24.7. The van der Waals surface area contributed by atoms with E-state index in [2.05, 4.69) is 133 Å². The third-order valence-corrected chi connectivity index (χ3v) is 14.2. The molecule has 4 heteroatoms. The highest BCUT2D eigenvalue weighted by Crippen LogP contribution is 2.63. The molecule has 0 N–H and O–H groups in total. The number of para-hydroxylation sites is 2. The van der Waals surface area contributed by atoms with Crippen LogP contribution in [0.4, 0.5) is 0 Å². The molecule has 4 unspecified atom stereocenters. The lowest BCUT2D eigenvalue weighted by atomic mass is 9.66. The van der Waals surface area contributed by atoms with E-state index in [1.165, 1.54) is 83.9 Å². The minimum absolute atomic E-state index is 0.0537. The van der Waals surface area contributed by atoms with E-state index in [0.717, 1.165) is 70.3 Å². The second-order valence-electron chi connectivity index (χ2n) is 17.0. The summed E-state index contributed by atoms with van der Waals surface area (Å²) in [5.74, 6) is 6.89. The van der Waals surface area contributed by atoms with Crippen molar-refractivity contribution >= 4 is 5.57 Å². The Bertz CT molecular complexity index is 2570. The molecule has 6 aliphatic rings. The smallest absolute Gasteiger partial charge is 0.164 e. The first kappa shape index (κ1) is 31.7. The van der Waals surface area contributed by atoms with Gasteiger partial charge in [0.15, 0.2) is 11.6 Å². The number of nitrogens with zero attached hydrogens (tertiary/aromatic N) is 3. The molecule has 12 rings (SSSR count). The summed E-state index contributed by atoms with van der Waals surface area (Å²) < 4.78 is 6.57. The molecule has 5 aromatic carbocycles. The largest absolute Gasteiger partial charge is 0.457 e. The fourth-order valence-electron chi connectivity index (χ4n) is 12.1. The Morgan fingerprint density at radius 2 is 1.27 bits per heavy atom. The van der Waals surface area contributed by atoms with E-state index >= 15 is 0 Å². The molecular formula is C51H43N3O. The number of allylic oxidation sites excluding steroid dienone is 4. The van der Waals surface area contributed by atoms with Crippen LogP contribution in [0.2, 0.25) is 0 Å². The van der Waals surface area contributed by atoms with E-state index in [0.29, 0.717) is 5.92 Å². The quantitative estimate of drug-likeness (QED) is 0.182. The van der Waals surface area contributed by atoms with Crippen LogP contribution in [0.3, 0.4) is 0 Å². The Morgan fingerprint density at radius 3 is 2.07 bits per heavy atom. The van der Waals surface area contributed by atoms with Gasteiger partial charge in [-0.3, -0.25) is 0 Å². The van der Waals surface area contributed by atoms with E-state index in [-0.39, 0.29) is 5.41 Å². The van der Waals surface area contributed by atoms with Gasteiger partial charge in [0.1, 0.15) is 17.3 Å². The van der Waals surface area contributed by atoms with Crippen molar-refractivity contribution in [2.24, 2.45) is 17.8 Å². The molecule has 3 saturated carbocycles. The number of hydrogen-bond acceptors (Lipinski definition) is 4. The van der Waals surface area contributed by atoms with Crippen molar-refractivity contribution in [2.45, 2.75) is 68.6 Å². The third kappa shape index (κ3) is 4.54. The highest BCUT2D eigenvalue weighted by Gasteiger charge is 2.55. The molecule has 6 aromatic rings. The number of aromatic nitrogens is 3. The number of fused-ring (bicyclic) bond motifs is 11. The Balaban J connectivity index is 1.05. The number of ether oxygens (including phenoxy) is 1. The molecule has 1 spiro atoms. The van der Waals surface area contributed by atoms with Crippen molar-refractivity contribution < 1.29 is 4.74 Å². The standard InChI is InChI=1S/C51H43N3O/c1-2-14-34(15-3-1)47-52-48(54-49(53-47)50-26-12-13-32-27-33(31-50)29-36(50)28-32)39-18-5-4-16-37(39)35-24-25-42-40(30-35)38-17-6-7-19-41(38)51(42)43-20-8-10-22-45(43)55-46-23-11-9-21-44(46)51/h2,4-11,14-25,30,32-33,36H,1,3,12-13,26-29,31H2. The van der Waals surface area contributed by atoms with Crippen molar-refractivity contribution in [3.8, 4) is 45.1 Å². The van der Waals surface area contributed by atoms with Gasteiger partial charge in [0.2, 0.25) is 0 Å². The van der Waals surface area contributed by atoms with Crippen LogP contribution in [0.5, 0.6) is 11.5 Å². The molecule has 0 saturated heterocycles. The summed E-state index contributed by atoms with van der Waals surface area (Å²) in [6, 6.07) is 42.0. The molecule has 268 valence electrons. The summed E-state index contributed by atoms with van der Waals surface area (Å²) in [5.41, 5.74) is 11.6. The first-order valence-electron chi connectivity index (χ1n) is 20.5. The van der Waals surface area contributed by atoms with Crippen LogP contribution in [-0.4, -0.2) is 15.0 Å². The zero-order valence-electron chi connectivity index (χ0n) is 31.0. The second kappa shape index (κ2) is 11.9. The van der Waals surface area contributed by atoms with Crippen molar-refractivity contribution in [1.82, 2.24) is 15.0 Å². The summed E-state index contributed by atoms with van der Waals surface area (Å²) in [6.45, 7) is 0. The molecule has 1 aliphatic heterocycles. The van der Waals surface area contributed by atoms with Crippen molar-refractivity contribution in [3.05, 3.63) is 167 Å². The van der Waals surface area contributed by atoms with Gasteiger partial charge in [-0.25, -0.2) is 15.0 Å². The number of rotatable bonds is 4. The highest BCUT2D eigenvalue weighted by atomic mass is 16.5. The topological polar surface area (TPSA) is 47.9 Å². The monoisotopic (exact) mass is 713 g/mol. The van der Waals surface area contributed by atoms with Crippen molar-refractivity contribution in [1.29, 1.82) is 0 Å². The molecule has 0 amide bonds. The molecule has 2 heterocycles. The van der Waals surface area contributed by atoms with Gasteiger partial charge < -0.3 is 4.74 Å². The lowest BCUT2D eigenvalue weighted by Gasteiger charge is -2.39. The third-order valence-electron chi connectivity index (χ3n) is 14.2. The van der Waals surface area contributed by atoms with E-state index in [9.17, 15) is 0 Å². The predicted molar refractivity (Wildman–Crippen MR) is 219 cm³/mol. The van der Waals surface area contributed by atoms with Gasteiger partial charge in [-0.2, -0.15) is 0 Å². The number of benzene rings is 5. The fraction of sp³-hybridized carbons (Fsp3) is 0.275. The van der Waals surface area contributed by atoms with E-state index in [4.69, 9.17) is 19.7 Å². The molecule has 4 nitrogen and oxygen atoms in total. The fourth-order valence-corrected chi connectivity index (χ4v) is 12.1. The highest BCUT2D eigenvalue weighted by molar-refractivity contribution is 5.92. The van der Waals surface area contributed by atoms with Gasteiger partial charge in [-0.15, -0.1) is 0 Å². The molecule has 5 aliphatic carbocycles. The minimum atomic E-state index is -0.481. The summed E-state index contributed by atoms with van der Waals surface area (Å²) in [4.78, 5) is 16.4. The molecule has 55 heavy (non-hydrogen) atoms. The lowest BCUT2D eigenvalue weighted by molar-refractivity contribution is 0.241. The summed E-state index contributed by atoms with van der Waals surface area (Å²) >= 11 is 0. The van der Waals surface area contributed by atoms with E-state index < -0.39 is 5.41 Å². The second-order valence-corrected chi connectivity index (χ2v) is 17.0. The van der Waals surface area contributed by atoms with Gasteiger partial charge in [0, 0.05) is 27.7 Å². The maximum absolute atomic E-state index is 6.57. The summed E-state index contributed by atoms with van der Waals surface area (Å²) in [6.07, 6.45) is 18.1. The average Bonchev–Trinajstić information content (AvgIpc) is 3.63. The van der Waals surface area contributed by atoms with Crippen LogP contribution in [0.25, 0.3) is 39.2 Å². The van der Waals surface area contributed by atoms with Crippen LogP contribution in [0, 0.1) is 17.8 Å². The van der Waals surface area contributed by atoms with E-state index in [1.54, 1.807) is 0 Å². The Morgan fingerprint density at radius 1 is 0.582 bits per heavy atom. The summed E-state index contributed by atoms with van der Waals surface area (Å²) in [5, 5.41) is 0. The maximum Gasteiger partial charge on any atom is 0.164 e. The van der Waals surface area contributed by atoms with Gasteiger partial charge in [0.05, 0.1) is 5.41 Å². The molecule has 3 bridgehead atoms. The van der Waals surface area contributed by atoms with Gasteiger partial charge in [0.25, 0.3) is 0 Å². The summed E-state index contributed by atoms with van der Waals surface area (Å²) in [7, 11) is 0. The van der Waals surface area contributed by atoms with Crippen molar-refractivity contribution in [3.63, 3.8) is 0 Å². The zero-order chi connectivity index (χ0) is 36.1. The van der Waals surface area contributed by atoms with Crippen molar-refractivity contribution in [2.75, 3.05) is 0 Å². The average molecular weight is 714 g/mol. The predicted octanol–water partition coefficient (Wildman–Crippen LogP) is 12.3. The first-order valence-corrected chi connectivity index (χ1v) is 20.5. The zero-order valence-corrected chi connectivity index (χ0v) is 31.0. The first-order chi connectivity index (χ1) is 27.2. The Hall–Kier alpha value is -5.61. The van der Waals surface area contributed by atoms with Gasteiger partial charge in [-0.1, -0.05) is 128 Å². The van der Waals surface area contributed by atoms with Crippen LogP contribution in [0.1, 0.15) is 91.7 Å². The maximum atomic E-state index is 6.57. The number of hydrogen-bond donors (Lipinski definition) is 0. The SMILES string of the molecule is C1=CC(c2nc(-c3ccccc3-c3ccc4c(c3)-c3ccccc3C43c4ccccc4Oc4ccccc43)nc(C34CCCC5CC(CC3C5)C4)n2)=CCC1. The molecular weight excluding hydrogens is 671 g/mol. The van der Waals surface area contributed by atoms with E-state index in [1.807, 2.05) is 0 Å². The van der Waals surface area contributed by atoms with Gasteiger partial charge in [-0.05, 0) is 114 Å². The molecule has 4 atom stereocenters. The molecule has 0 radical (unpaired) electrons. The van der Waals surface area contributed by atoms with Gasteiger partial charge >= 0.3 is 0 Å². The minimum Gasteiger partial charge on any atom is -0.457 e. The van der Waals surface area contributed by atoms with Crippen LogP contribution >= 0.6 is 0 Å². The van der Waals surface area contributed by atoms with Crippen LogP contribution in [0.15, 0.2) is 133 Å². The van der Waals surface area contributed by atoms with Crippen LogP contribution < -0.4 is 4.74 Å². The van der Waals surface area contributed by atoms with Crippen LogP contribution in [-0.2, 0) is 10.8 Å². The Labute approximate surface area is 323 Å². The molecule has 3 fully saturated rings. The Kier molecular flexibility index (Phi) is 6.89. The molecule has 1 aromatic heterocycles.